The Morgan fingerprint density at radius 2 is 2.14 bits per heavy atom. The van der Waals surface area contributed by atoms with Crippen molar-refractivity contribution < 1.29 is 4.79 Å². The quantitative estimate of drug-likeness (QED) is 0.918. The van der Waals surface area contributed by atoms with E-state index in [9.17, 15) is 4.79 Å². The van der Waals surface area contributed by atoms with Crippen LogP contribution in [-0.2, 0) is 4.79 Å². The number of carbonyl (C=O) groups excluding carboxylic acids is 1. The normalized spacial score (nSPS) is 22.0. The van der Waals surface area contributed by atoms with E-state index in [4.69, 9.17) is 4.98 Å². The molecule has 0 radical (unpaired) electrons. The van der Waals surface area contributed by atoms with Gasteiger partial charge in [-0.2, -0.15) is 11.3 Å². The average Bonchev–Trinajstić information content (AvgIpc) is 3.16. The maximum absolute atomic E-state index is 12.0. The molecule has 0 aromatic carbocycles. The molecule has 1 saturated heterocycles. The first-order chi connectivity index (χ1) is 10.3. The number of hydrogen-bond donors (Lipinski definition) is 1. The summed E-state index contributed by atoms with van der Waals surface area (Å²) in [4.78, 5) is 20.2. The van der Waals surface area contributed by atoms with Gasteiger partial charge in [-0.25, -0.2) is 4.98 Å². The number of fused-ring (bicyclic) bond motifs is 1. The van der Waals surface area contributed by atoms with Gasteiger partial charge in [0.15, 0.2) is 5.13 Å². The first-order valence-electron chi connectivity index (χ1n) is 7.39. The lowest BCUT2D eigenvalue weighted by atomic mass is 9.94. The van der Waals surface area contributed by atoms with Crippen LogP contribution in [0, 0.1) is 0 Å². The van der Waals surface area contributed by atoms with Crippen LogP contribution in [0.25, 0.3) is 0 Å². The lowest BCUT2D eigenvalue weighted by Gasteiger charge is -2.25. The third-order valence-electron chi connectivity index (χ3n) is 4.18. The predicted octanol–water partition coefficient (Wildman–Crippen LogP) is 3.67. The fourth-order valence-electron chi connectivity index (χ4n) is 3.07. The van der Waals surface area contributed by atoms with Crippen molar-refractivity contribution in [1.29, 1.82) is 0 Å². The van der Waals surface area contributed by atoms with Crippen molar-refractivity contribution in [1.82, 2.24) is 4.98 Å². The van der Waals surface area contributed by atoms with Crippen LogP contribution in [0.3, 0.4) is 0 Å². The Labute approximate surface area is 131 Å². The Hall–Kier alpha value is -1.40. The molecular weight excluding hydrogens is 302 g/mol. The molecule has 1 amide bonds. The summed E-state index contributed by atoms with van der Waals surface area (Å²) in [5, 5.41) is 8.24. The minimum absolute atomic E-state index is 0.0780. The number of anilines is 2. The zero-order valence-electron chi connectivity index (χ0n) is 11.7. The van der Waals surface area contributed by atoms with Crippen molar-refractivity contribution in [2.24, 2.45) is 0 Å². The molecule has 4 heterocycles. The molecule has 6 heteroatoms. The van der Waals surface area contributed by atoms with Crippen LogP contribution in [-0.4, -0.2) is 24.0 Å². The summed E-state index contributed by atoms with van der Waals surface area (Å²) in [6, 6.07) is 2.12. The molecule has 1 unspecified atom stereocenters. The number of nitrogens with one attached hydrogen (secondary N) is 1. The van der Waals surface area contributed by atoms with Crippen LogP contribution in [0.15, 0.2) is 16.8 Å². The van der Waals surface area contributed by atoms with Gasteiger partial charge in [-0.05, 0) is 41.7 Å². The zero-order chi connectivity index (χ0) is 14.2. The van der Waals surface area contributed by atoms with Crippen molar-refractivity contribution in [3.8, 4) is 0 Å². The van der Waals surface area contributed by atoms with E-state index >= 15 is 0 Å². The highest BCUT2D eigenvalue weighted by atomic mass is 32.1. The van der Waals surface area contributed by atoms with Gasteiger partial charge in [0, 0.05) is 25.4 Å². The topological polar surface area (TPSA) is 45.2 Å². The Morgan fingerprint density at radius 3 is 2.90 bits per heavy atom. The second-order valence-corrected chi connectivity index (χ2v) is 7.41. The molecular formula is C15H17N3OS2. The molecule has 2 aliphatic rings. The zero-order valence-corrected chi connectivity index (χ0v) is 13.3. The molecule has 1 fully saturated rings. The Balaban J connectivity index is 1.70. The summed E-state index contributed by atoms with van der Waals surface area (Å²) in [5.74, 6) is 1.04. The standard InChI is InChI=1S/C15H17N3OS2/c19-12-8-11(10-4-7-20-9-10)13-14(16-12)17-15(21-13)18-5-2-1-3-6-18/h4,7,9,11H,1-3,5-6,8H2,(H,16,19). The summed E-state index contributed by atoms with van der Waals surface area (Å²) in [6.07, 6.45) is 4.33. The number of nitrogens with zero attached hydrogens (tertiary/aromatic N) is 2. The first kappa shape index (κ1) is 13.3. The molecule has 4 nitrogen and oxygen atoms in total. The molecule has 110 valence electrons. The third kappa shape index (κ3) is 2.46. The number of thiophene rings is 1. The van der Waals surface area contributed by atoms with E-state index in [0.717, 1.165) is 24.0 Å². The van der Waals surface area contributed by atoms with Crippen LogP contribution >= 0.6 is 22.7 Å². The summed E-state index contributed by atoms with van der Waals surface area (Å²) in [6.45, 7) is 2.17. The molecule has 0 aliphatic carbocycles. The maximum atomic E-state index is 12.0. The molecule has 1 atom stereocenters. The lowest BCUT2D eigenvalue weighted by Crippen LogP contribution is -2.29. The summed E-state index contributed by atoms with van der Waals surface area (Å²) in [5.41, 5.74) is 1.24. The van der Waals surface area contributed by atoms with Gasteiger partial charge < -0.3 is 10.2 Å². The number of hydrogen-bond acceptors (Lipinski definition) is 5. The Morgan fingerprint density at radius 1 is 1.29 bits per heavy atom. The molecule has 0 saturated carbocycles. The van der Waals surface area contributed by atoms with Crippen LogP contribution in [0.2, 0.25) is 0 Å². The van der Waals surface area contributed by atoms with Gasteiger partial charge in [-0.1, -0.05) is 11.3 Å². The Kier molecular flexibility index (Phi) is 3.43. The van der Waals surface area contributed by atoms with Gasteiger partial charge in [-0.15, -0.1) is 0 Å². The Bertz CT molecular complexity index is 644. The molecule has 0 spiro atoms. The summed E-state index contributed by atoms with van der Waals surface area (Å²) in [7, 11) is 0. The molecule has 0 bridgehead atoms. The molecule has 2 aliphatic heterocycles. The van der Waals surface area contributed by atoms with Gasteiger partial charge in [0.2, 0.25) is 5.91 Å². The fourth-order valence-corrected chi connectivity index (χ4v) is 4.98. The summed E-state index contributed by atoms with van der Waals surface area (Å²) < 4.78 is 0. The minimum atomic E-state index is 0.0780. The van der Waals surface area contributed by atoms with E-state index in [0.29, 0.717) is 6.42 Å². The monoisotopic (exact) mass is 319 g/mol. The second kappa shape index (κ2) is 5.42. The van der Waals surface area contributed by atoms with Crippen LogP contribution in [0.1, 0.15) is 42.0 Å². The second-order valence-electron chi connectivity index (χ2n) is 5.62. The fraction of sp³-hybridized carbons (Fsp3) is 0.467. The van der Waals surface area contributed by atoms with Crippen LogP contribution < -0.4 is 10.2 Å². The molecule has 21 heavy (non-hydrogen) atoms. The highest BCUT2D eigenvalue weighted by Crippen LogP contribution is 2.43. The number of thiazole rings is 1. The average molecular weight is 319 g/mol. The van der Waals surface area contributed by atoms with Gasteiger partial charge in [-0.3, -0.25) is 4.79 Å². The van der Waals surface area contributed by atoms with Gasteiger partial charge >= 0.3 is 0 Å². The number of aromatic nitrogens is 1. The van der Waals surface area contributed by atoms with Crippen LogP contribution in [0.5, 0.6) is 0 Å². The number of carbonyl (C=O) groups is 1. The van der Waals surface area contributed by atoms with Crippen molar-refractivity contribution in [2.75, 3.05) is 23.3 Å². The maximum Gasteiger partial charge on any atom is 0.226 e. The largest absolute Gasteiger partial charge is 0.348 e. The smallest absolute Gasteiger partial charge is 0.226 e. The van der Waals surface area contributed by atoms with E-state index in [1.807, 2.05) is 0 Å². The van der Waals surface area contributed by atoms with Crippen LogP contribution in [0.4, 0.5) is 10.9 Å². The number of amides is 1. The van der Waals surface area contributed by atoms with E-state index in [-0.39, 0.29) is 11.8 Å². The predicted molar refractivity (Wildman–Crippen MR) is 87.6 cm³/mol. The van der Waals surface area contributed by atoms with Crippen molar-refractivity contribution >= 4 is 39.5 Å². The highest BCUT2D eigenvalue weighted by Gasteiger charge is 2.31. The van der Waals surface area contributed by atoms with E-state index in [1.165, 1.54) is 29.7 Å². The SMILES string of the molecule is O=C1CC(c2ccsc2)c2sc(N3CCCCC3)nc2N1. The molecule has 4 rings (SSSR count). The van der Waals surface area contributed by atoms with Gasteiger partial charge in [0.05, 0.1) is 4.88 Å². The number of rotatable bonds is 2. The van der Waals surface area contributed by atoms with Gasteiger partial charge in [0.25, 0.3) is 0 Å². The molecule has 1 N–H and O–H groups in total. The first-order valence-corrected chi connectivity index (χ1v) is 9.15. The third-order valence-corrected chi connectivity index (χ3v) is 6.11. The van der Waals surface area contributed by atoms with Crippen molar-refractivity contribution in [3.63, 3.8) is 0 Å². The number of piperidine rings is 1. The molecule has 2 aromatic heterocycles. The lowest BCUT2D eigenvalue weighted by molar-refractivity contribution is -0.116. The van der Waals surface area contributed by atoms with Crippen molar-refractivity contribution in [3.05, 3.63) is 27.3 Å². The van der Waals surface area contributed by atoms with E-state index in [2.05, 4.69) is 27.0 Å². The minimum Gasteiger partial charge on any atom is -0.348 e. The van der Waals surface area contributed by atoms with E-state index < -0.39 is 0 Å². The van der Waals surface area contributed by atoms with Crippen molar-refractivity contribution in [2.45, 2.75) is 31.6 Å². The highest BCUT2D eigenvalue weighted by molar-refractivity contribution is 7.16. The molecule has 2 aromatic rings. The summed E-state index contributed by atoms with van der Waals surface area (Å²) >= 11 is 3.44. The van der Waals surface area contributed by atoms with Gasteiger partial charge in [0.1, 0.15) is 5.82 Å². The van der Waals surface area contributed by atoms with E-state index in [1.54, 1.807) is 22.7 Å².